The molecule has 1 rings (SSSR count). The largest absolute Gasteiger partial charge is 0.379 e. The predicted octanol–water partition coefficient (Wildman–Crippen LogP) is 3.60. The van der Waals surface area contributed by atoms with Crippen molar-refractivity contribution in [1.29, 1.82) is 0 Å². The fraction of sp³-hybridized carbons (Fsp3) is 0.500. The molecular formula is C12H17FN2O2S. The molecule has 0 aliphatic heterocycles. The van der Waals surface area contributed by atoms with Gasteiger partial charge in [-0.15, -0.1) is 0 Å². The Morgan fingerprint density at radius 2 is 2.22 bits per heavy atom. The maximum Gasteiger partial charge on any atom is 0.295 e. The van der Waals surface area contributed by atoms with E-state index in [-0.39, 0.29) is 5.69 Å². The molecule has 0 saturated heterocycles. The molecule has 1 N–H and O–H groups in total. The number of hydrogen-bond acceptors (Lipinski definition) is 4. The number of nitro groups is 1. The smallest absolute Gasteiger partial charge is 0.295 e. The van der Waals surface area contributed by atoms with Gasteiger partial charge in [0.25, 0.3) is 5.69 Å². The van der Waals surface area contributed by atoms with Crippen molar-refractivity contribution in [3.63, 3.8) is 0 Å². The maximum absolute atomic E-state index is 13.3. The number of nitrogens with one attached hydrogen (secondary N) is 1. The van der Waals surface area contributed by atoms with Crippen LogP contribution in [0.2, 0.25) is 0 Å². The van der Waals surface area contributed by atoms with Crippen LogP contribution in [0.5, 0.6) is 0 Å². The van der Waals surface area contributed by atoms with E-state index in [0.29, 0.717) is 23.0 Å². The van der Waals surface area contributed by atoms with Gasteiger partial charge < -0.3 is 5.32 Å². The van der Waals surface area contributed by atoms with E-state index in [1.165, 1.54) is 6.07 Å². The molecule has 4 nitrogen and oxygen atoms in total. The third-order valence-electron chi connectivity index (χ3n) is 2.74. The van der Waals surface area contributed by atoms with Crippen LogP contribution in [0.1, 0.15) is 18.9 Å². The highest BCUT2D eigenvalue weighted by Gasteiger charge is 2.16. The van der Waals surface area contributed by atoms with E-state index in [0.717, 1.165) is 12.5 Å². The number of hydrogen-bond donors (Lipinski definition) is 1. The van der Waals surface area contributed by atoms with Crippen molar-refractivity contribution >= 4 is 23.1 Å². The van der Waals surface area contributed by atoms with Gasteiger partial charge in [-0.1, -0.05) is 6.92 Å². The lowest BCUT2D eigenvalue weighted by atomic mass is 10.1. The number of rotatable bonds is 6. The lowest BCUT2D eigenvalue weighted by molar-refractivity contribution is -0.384. The van der Waals surface area contributed by atoms with E-state index < -0.39 is 10.7 Å². The van der Waals surface area contributed by atoms with E-state index in [1.807, 2.05) is 6.26 Å². The second kappa shape index (κ2) is 6.58. The fourth-order valence-corrected chi connectivity index (χ4v) is 1.85. The van der Waals surface area contributed by atoms with Crippen molar-refractivity contribution in [3.8, 4) is 0 Å². The van der Waals surface area contributed by atoms with Gasteiger partial charge in [-0.3, -0.25) is 10.1 Å². The van der Waals surface area contributed by atoms with E-state index in [2.05, 4.69) is 12.2 Å². The monoisotopic (exact) mass is 272 g/mol. The minimum atomic E-state index is -0.567. The van der Waals surface area contributed by atoms with Crippen molar-refractivity contribution in [2.75, 3.05) is 18.1 Å². The van der Waals surface area contributed by atoms with Crippen LogP contribution in [-0.4, -0.2) is 23.0 Å². The molecule has 0 radical (unpaired) electrons. The number of nitro benzene ring substituents is 1. The molecular weight excluding hydrogens is 255 g/mol. The average molecular weight is 272 g/mol. The zero-order chi connectivity index (χ0) is 13.7. The van der Waals surface area contributed by atoms with Crippen LogP contribution in [-0.2, 0) is 0 Å². The van der Waals surface area contributed by atoms with Crippen molar-refractivity contribution in [2.45, 2.75) is 25.5 Å². The van der Waals surface area contributed by atoms with Crippen molar-refractivity contribution in [1.82, 2.24) is 0 Å². The third-order valence-corrected chi connectivity index (χ3v) is 3.78. The molecule has 100 valence electrons. The molecule has 1 unspecified atom stereocenters. The Labute approximate surface area is 110 Å². The molecule has 0 fully saturated rings. The SMILES string of the molecule is CSC(C)CCNc1cc(C)c(F)cc1[N+](=O)[O-]. The van der Waals surface area contributed by atoms with Crippen molar-refractivity contribution in [2.24, 2.45) is 0 Å². The van der Waals surface area contributed by atoms with Gasteiger partial charge in [-0.25, -0.2) is 4.39 Å². The average Bonchev–Trinajstić information content (AvgIpc) is 2.32. The Hall–Kier alpha value is -1.30. The zero-order valence-electron chi connectivity index (χ0n) is 10.7. The molecule has 1 aromatic carbocycles. The number of thioether (sulfide) groups is 1. The highest BCUT2D eigenvalue weighted by Crippen LogP contribution is 2.27. The molecule has 18 heavy (non-hydrogen) atoms. The minimum absolute atomic E-state index is 0.213. The Bertz CT molecular complexity index is 440. The van der Waals surface area contributed by atoms with E-state index in [9.17, 15) is 14.5 Å². The second-order valence-corrected chi connectivity index (χ2v) is 5.41. The summed E-state index contributed by atoms with van der Waals surface area (Å²) < 4.78 is 13.3. The first-order valence-electron chi connectivity index (χ1n) is 5.67. The molecule has 0 heterocycles. The summed E-state index contributed by atoms with van der Waals surface area (Å²) in [6.45, 7) is 4.32. The lowest BCUT2D eigenvalue weighted by Crippen LogP contribution is -2.09. The van der Waals surface area contributed by atoms with Crippen molar-refractivity contribution in [3.05, 3.63) is 33.6 Å². The minimum Gasteiger partial charge on any atom is -0.379 e. The number of aryl methyl sites for hydroxylation is 1. The van der Waals surface area contributed by atoms with Gasteiger partial charge >= 0.3 is 0 Å². The Kier molecular flexibility index (Phi) is 5.40. The molecule has 0 bridgehead atoms. The van der Waals surface area contributed by atoms with Gasteiger partial charge in [-0.2, -0.15) is 11.8 Å². The highest BCUT2D eigenvalue weighted by molar-refractivity contribution is 7.99. The van der Waals surface area contributed by atoms with Gasteiger partial charge in [-0.05, 0) is 31.2 Å². The number of benzene rings is 1. The second-order valence-electron chi connectivity index (χ2n) is 4.14. The molecule has 0 saturated carbocycles. The molecule has 0 aliphatic rings. The summed E-state index contributed by atoms with van der Waals surface area (Å²) in [5.41, 5.74) is 0.572. The summed E-state index contributed by atoms with van der Waals surface area (Å²) in [6.07, 6.45) is 2.92. The number of halogens is 1. The number of anilines is 1. The number of nitrogens with zero attached hydrogens (tertiary/aromatic N) is 1. The summed E-state index contributed by atoms with van der Waals surface area (Å²) >= 11 is 1.74. The van der Waals surface area contributed by atoms with Gasteiger partial charge in [0.05, 0.1) is 11.0 Å². The molecule has 1 aromatic rings. The molecule has 6 heteroatoms. The Morgan fingerprint density at radius 3 is 2.78 bits per heavy atom. The molecule has 1 atom stereocenters. The first kappa shape index (κ1) is 14.8. The topological polar surface area (TPSA) is 55.2 Å². The highest BCUT2D eigenvalue weighted by atomic mass is 32.2. The van der Waals surface area contributed by atoms with Gasteiger partial charge in [0.15, 0.2) is 0 Å². The summed E-state index contributed by atoms with van der Waals surface area (Å²) in [4.78, 5) is 10.3. The van der Waals surface area contributed by atoms with Crippen LogP contribution in [0.15, 0.2) is 12.1 Å². The predicted molar refractivity (Wildman–Crippen MR) is 73.9 cm³/mol. The first-order chi connectivity index (χ1) is 8.45. The summed E-state index contributed by atoms with van der Waals surface area (Å²) in [7, 11) is 0. The van der Waals surface area contributed by atoms with E-state index in [1.54, 1.807) is 18.7 Å². The normalized spacial score (nSPS) is 12.2. The molecule has 0 aliphatic carbocycles. The van der Waals surface area contributed by atoms with Crippen LogP contribution in [0.25, 0.3) is 0 Å². The summed E-state index contributed by atoms with van der Waals surface area (Å²) in [5.74, 6) is -0.551. The molecule has 0 amide bonds. The van der Waals surface area contributed by atoms with Crippen LogP contribution in [0.4, 0.5) is 15.8 Å². The molecule has 0 spiro atoms. The van der Waals surface area contributed by atoms with Crippen LogP contribution in [0, 0.1) is 22.9 Å². The van der Waals surface area contributed by atoms with Crippen LogP contribution >= 0.6 is 11.8 Å². The standard InChI is InChI=1S/C12H17FN2O2S/c1-8-6-11(14-5-4-9(2)18-3)12(15(16)17)7-10(8)13/h6-7,9,14H,4-5H2,1-3H3. The summed E-state index contributed by atoms with van der Waals surface area (Å²) in [5, 5.41) is 14.3. The first-order valence-corrected chi connectivity index (χ1v) is 6.95. The van der Waals surface area contributed by atoms with Gasteiger partial charge in [0.2, 0.25) is 0 Å². The lowest BCUT2D eigenvalue weighted by Gasteiger charge is -2.11. The quantitative estimate of drug-likeness (QED) is 0.635. The van der Waals surface area contributed by atoms with Gasteiger partial charge in [0.1, 0.15) is 11.5 Å². The molecule has 0 aromatic heterocycles. The fourth-order valence-electron chi connectivity index (χ4n) is 1.49. The van der Waals surface area contributed by atoms with E-state index >= 15 is 0 Å². The summed E-state index contributed by atoms with van der Waals surface area (Å²) in [6, 6.07) is 2.45. The van der Waals surface area contributed by atoms with Crippen molar-refractivity contribution < 1.29 is 9.31 Å². The Morgan fingerprint density at radius 1 is 1.56 bits per heavy atom. The van der Waals surface area contributed by atoms with Crippen LogP contribution < -0.4 is 5.32 Å². The third kappa shape index (κ3) is 3.87. The van der Waals surface area contributed by atoms with Crippen LogP contribution in [0.3, 0.4) is 0 Å². The zero-order valence-corrected chi connectivity index (χ0v) is 11.5. The maximum atomic E-state index is 13.3. The van der Waals surface area contributed by atoms with E-state index in [4.69, 9.17) is 0 Å². The Balaban J connectivity index is 2.80. The van der Waals surface area contributed by atoms with Gasteiger partial charge in [0, 0.05) is 11.8 Å².